The number of carbonyl (C=O) groups is 1. The molecule has 0 aliphatic heterocycles. The van der Waals surface area contributed by atoms with Crippen LogP contribution in [0.2, 0.25) is 0 Å². The van der Waals surface area contributed by atoms with E-state index in [4.69, 9.17) is 11.0 Å². The minimum absolute atomic E-state index is 0.00106. The van der Waals surface area contributed by atoms with Gasteiger partial charge in [0, 0.05) is 12.6 Å². The van der Waals surface area contributed by atoms with Crippen molar-refractivity contribution in [3.63, 3.8) is 0 Å². The Balaban J connectivity index is 1.94. The van der Waals surface area contributed by atoms with Crippen LogP contribution in [0.4, 0.5) is 0 Å². The average molecular weight is 221 g/mol. The van der Waals surface area contributed by atoms with Gasteiger partial charge in [0.05, 0.1) is 17.4 Å². The van der Waals surface area contributed by atoms with E-state index < -0.39 is 0 Å². The zero-order valence-corrected chi connectivity index (χ0v) is 9.54. The van der Waals surface area contributed by atoms with Crippen molar-refractivity contribution in [2.45, 2.75) is 44.6 Å². The topological polar surface area (TPSA) is 78.9 Å². The summed E-state index contributed by atoms with van der Waals surface area (Å²) in [5, 5.41) is 12.0. The van der Waals surface area contributed by atoms with Gasteiger partial charge < -0.3 is 11.1 Å². The van der Waals surface area contributed by atoms with Crippen molar-refractivity contribution in [1.82, 2.24) is 5.32 Å². The predicted molar refractivity (Wildman–Crippen MR) is 60.2 cm³/mol. The lowest BCUT2D eigenvalue weighted by Crippen LogP contribution is -2.53. The van der Waals surface area contributed by atoms with Crippen LogP contribution in [-0.2, 0) is 4.79 Å². The van der Waals surface area contributed by atoms with Crippen molar-refractivity contribution < 1.29 is 4.79 Å². The second kappa shape index (κ2) is 4.42. The maximum absolute atomic E-state index is 12.1. The number of nitrogens with zero attached hydrogens (tertiary/aromatic N) is 1. The molecule has 2 rings (SSSR count). The molecule has 0 aromatic rings. The fourth-order valence-electron chi connectivity index (χ4n) is 2.74. The van der Waals surface area contributed by atoms with E-state index in [1.807, 2.05) is 0 Å². The molecule has 4 nitrogen and oxygen atoms in total. The first kappa shape index (κ1) is 11.4. The average Bonchev–Trinajstić information content (AvgIpc) is 2.64. The van der Waals surface area contributed by atoms with Crippen molar-refractivity contribution >= 4 is 5.91 Å². The Labute approximate surface area is 96.2 Å². The third-order valence-corrected chi connectivity index (χ3v) is 4.18. The summed E-state index contributed by atoms with van der Waals surface area (Å²) >= 11 is 0. The van der Waals surface area contributed by atoms with Gasteiger partial charge in [-0.25, -0.2) is 0 Å². The summed E-state index contributed by atoms with van der Waals surface area (Å²) in [6.45, 7) is 0.433. The Morgan fingerprint density at radius 1 is 1.44 bits per heavy atom. The molecule has 2 atom stereocenters. The Hall–Kier alpha value is -1.08. The van der Waals surface area contributed by atoms with Gasteiger partial charge in [0.25, 0.3) is 0 Å². The molecule has 88 valence electrons. The number of carbonyl (C=O) groups excluding carboxylic acids is 1. The van der Waals surface area contributed by atoms with E-state index in [0.29, 0.717) is 6.54 Å². The number of nitrogens with two attached hydrogens (primary N) is 1. The fourth-order valence-corrected chi connectivity index (χ4v) is 2.74. The van der Waals surface area contributed by atoms with E-state index in [-0.39, 0.29) is 23.3 Å². The molecule has 2 aliphatic rings. The molecular weight excluding hydrogens is 202 g/mol. The molecule has 4 heteroatoms. The van der Waals surface area contributed by atoms with Crippen LogP contribution in [0.25, 0.3) is 0 Å². The second-order valence-electron chi connectivity index (χ2n) is 5.08. The standard InChI is InChI=1S/C12H19N3O/c13-7-9-3-1-4-10(9)15-11(16)12(8-14)5-2-6-12/h9-10H,1-6,8,14H2,(H,15,16). The molecule has 2 aliphatic carbocycles. The van der Waals surface area contributed by atoms with E-state index >= 15 is 0 Å². The van der Waals surface area contributed by atoms with E-state index in [0.717, 1.165) is 38.5 Å². The lowest BCUT2D eigenvalue weighted by atomic mass is 9.68. The second-order valence-corrected chi connectivity index (χ2v) is 5.08. The van der Waals surface area contributed by atoms with Gasteiger partial charge >= 0.3 is 0 Å². The SMILES string of the molecule is N#CC1CCCC1NC(=O)C1(CN)CCC1. The van der Waals surface area contributed by atoms with Crippen molar-refractivity contribution in [3.05, 3.63) is 0 Å². The largest absolute Gasteiger partial charge is 0.352 e. The molecule has 0 aromatic heterocycles. The Morgan fingerprint density at radius 3 is 2.69 bits per heavy atom. The zero-order chi connectivity index (χ0) is 11.6. The van der Waals surface area contributed by atoms with E-state index in [1.54, 1.807) is 0 Å². The Kier molecular flexibility index (Phi) is 3.15. The molecule has 0 heterocycles. The van der Waals surface area contributed by atoms with Crippen LogP contribution in [0, 0.1) is 22.7 Å². The van der Waals surface area contributed by atoms with Crippen LogP contribution in [0.5, 0.6) is 0 Å². The number of hydrogen-bond donors (Lipinski definition) is 2. The third-order valence-electron chi connectivity index (χ3n) is 4.18. The highest BCUT2D eigenvalue weighted by Crippen LogP contribution is 2.40. The number of hydrogen-bond acceptors (Lipinski definition) is 3. The molecule has 16 heavy (non-hydrogen) atoms. The van der Waals surface area contributed by atoms with Gasteiger partial charge in [0.2, 0.25) is 5.91 Å². The Morgan fingerprint density at radius 2 is 2.19 bits per heavy atom. The van der Waals surface area contributed by atoms with Gasteiger partial charge in [-0.15, -0.1) is 0 Å². The van der Waals surface area contributed by atoms with Crippen molar-refractivity contribution in [2.75, 3.05) is 6.54 Å². The summed E-state index contributed by atoms with van der Waals surface area (Å²) in [4.78, 5) is 12.1. The van der Waals surface area contributed by atoms with Gasteiger partial charge in [-0.1, -0.05) is 6.42 Å². The smallest absolute Gasteiger partial charge is 0.227 e. The maximum atomic E-state index is 12.1. The number of amides is 1. The van der Waals surface area contributed by atoms with Gasteiger partial charge in [0.15, 0.2) is 0 Å². The van der Waals surface area contributed by atoms with Crippen LogP contribution in [0.15, 0.2) is 0 Å². The van der Waals surface area contributed by atoms with Crippen molar-refractivity contribution in [3.8, 4) is 6.07 Å². The summed E-state index contributed by atoms with van der Waals surface area (Å²) in [5.41, 5.74) is 5.37. The molecule has 0 spiro atoms. The van der Waals surface area contributed by atoms with Gasteiger partial charge in [-0.05, 0) is 32.1 Å². The normalized spacial score (nSPS) is 31.5. The molecule has 1 amide bonds. The van der Waals surface area contributed by atoms with Crippen molar-refractivity contribution in [1.29, 1.82) is 5.26 Å². The first-order valence-electron chi connectivity index (χ1n) is 6.12. The van der Waals surface area contributed by atoms with Crippen LogP contribution in [0.1, 0.15) is 38.5 Å². The molecule has 3 N–H and O–H groups in total. The van der Waals surface area contributed by atoms with Crippen LogP contribution in [0.3, 0.4) is 0 Å². The summed E-state index contributed by atoms with van der Waals surface area (Å²) < 4.78 is 0. The van der Waals surface area contributed by atoms with Crippen LogP contribution < -0.4 is 11.1 Å². The first-order chi connectivity index (χ1) is 7.72. The molecule has 2 saturated carbocycles. The summed E-state index contributed by atoms with van der Waals surface area (Å²) in [6.07, 6.45) is 5.79. The number of nitriles is 1. The first-order valence-corrected chi connectivity index (χ1v) is 6.12. The third kappa shape index (κ3) is 1.80. The fraction of sp³-hybridized carbons (Fsp3) is 0.833. The molecule has 2 unspecified atom stereocenters. The minimum Gasteiger partial charge on any atom is -0.352 e. The quantitative estimate of drug-likeness (QED) is 0.744. The number of rotatable bonds is 3. The minimum atomic E-state index is -0.317. The summed E-state index contributed by atoms with van der Waals surface area (Å²) in [6, 6.07) is 2.34. The van der Waals surface area contributed by atoms with E-state index in [1.165, 1.54) is 0 Å². The monoisotopic (exact) mass is 221 g/mol. The van der Waals surface area contributed by atoms with E-state index in [9.17, 15) is 4.79 Å². The van der Waals surface area contributed by atoms with E-state index in [2.05, 4.69) is 11.4 Å². The highest BCUT2D eigenvalue weighted by Gasteiger charge is 2.44. The van der Waals surface area contributed by atoms with Gasteiger partial charge in [-0.2, -0.15) is 5.26 Å². The molecule has 0 saturated heterocycles. The molecule has 0 aromatic carbocycles. The lowest BCUT2D eigenvalue weighted by Gasteiger charge is -2.40. The highest BCUT2D eigenvalue weighted by atomic mass is 16.2. The maximum Gasteiger partial charge on any atom is 0.227 e. The molecular formula is C12H19N3O. The summed E-state index contributed by atoms with van der Waals surface area (Å²) in [7, 11) is 0. The highest BCUT2D eigenvalue weighted by molar-refractivity contribution is 5.84. The van der Waals surface area contributed by atoms with Crippen LogP contribution in [-0.4, -0.2) is 18.5 Å². The van der Waals surface area contributed by atoms with Crippen molar-refractivity contribution in [2.24, 2.45) is 17.1 Å². The molecule has 0 radical (unpaired) electrons. The lowest BCUT2D eigenvalue weighted by molar-refractivity contribution is -0.136. The molecule has 2 fully saturated rings. The zero-order valence-electron chi connectivity index (χ0n) is 9.54. The Bertz CT molecular complexity index is 311. The predicted octanol–water partition coefficient (Wildman–Crippen LogP) is 0.924. The summed E-state index contributed by atoms with van der Waals surface area (Å²) in [5.74, 6) is 0.0762. The van der Waals surface area contributed by atoms with Gasteiger partial charge in [0.1, 0.15) is 0 Å². The number of nitrogens with one attached hydrogen (secondary N) is 1. The van der Waals surface area contributed by atoms with Crippen LogP contribution >= 0.6 is 0 Å². The molecule has 0 bridgehead atoms. The van der Waals surface area contributed by atoms with Gasteiger partial charge in [-0.3, -0.25) is 4.79 Å².